The Bertz CT molecular complexity index is 1430. The fourth-order valence-corrected chi connectivity index (χ4v) is 4.59. The minimum absolute atomic E-state index is 0.0509. The zero-order valence-electron chi connectivity index (χ0n) is 19.8. The number of rotatable bonds is 5. The molecule has 0 aliphatic carbocycles. The molecule has 1 fully saturated rings. The molecular weight excluding hydrogens is 471 g/mol. The van der Waals surface area contributed by atoms with Crippen LogP contribution in [0.25, 0.3) is 10.9 Å². The number of non-ortho nitro benzene ring substituents is 1. The smallest absolute Gasteiger partial charge is 0.275 e. The molecule has 0 saturated carbocycles. The van der Waals surface area contributed by atoms with Gasteiger partial charge in [-0.2, -0.15) is 0 Å². The number of amides is 1. The van der Waals surface area contributed by atoms with Crippen molar-refractivity contribution in [2.75, 3.05) is 50.2 Å². The highest BCUT2D eigenvalue weighted by atomic mass is 19.1. The van der Waals surface area contributed by atoms with Gasteiger partial charge >= 0.3 is 0 Å². The van der Waals surface area contributed by atoms with Gasteiger partial charge in [0.2, 0.25) is 5.43 Å². The monoisotopic (exact) mass is 496 g/mol. The summed E-state index contributed by atoms with van der Waals surface area (Å²) >= 11 is 0. The van der Waals surface area contributed by atoms with E-state index in [9.17, 15) is 19.7 Å². The average Bonchev–Trinajstić information content (AvgIpc) is 2.86. The van der Waals surface area contributed by atoms with E-state index in [4.69, 9.17) is 4.74 Å². The van der Waals surface area contributed by atoms with Gasteiger partial charge in [0.05, 0.1) is 27.6 Å². The standard InChI is InChI=1S/C24H25FN6O5/c1-14-13-36-23-20-17(11-19(25)21(23)29-8-6-28(2)7-9-29)22(32)18(12-30(14)20)24(33)27-26-15-4-3-5-16(10-15)31(34)35/h3-5,10-12,14,26H,6-9,13H2,1-2H3,(H,27,33)/t14-/m0/s1. The number of nitrogens with zero attached hydrogens (tertiary/aromatic N) is 4. The predicted molar refractivity (Wildman–Crippen MR) is 132 cm³/mol. The zero-order chi connectivity index (χ0) is 25.6. The second-order valence-corrected chi connectivity index (χ2v) is 9.05. The summed E-state index contributed by atoms with van der Waals surface area (Å²) in [5.74, 6) is -1.01. The Balaban J connectivity index is 1.53. The van der Waals surface area contributed by atoms with Crippen LogP contribution in [0.2, 0.25) is 0 Å². The first-order valence-corrected chi connectivity index (χ1v) is 11.5. The number of nitrogens with one attached hydrogen (secondary N) is 2. The van der Waals surface area contributed by atoms with Gasteiger partial charge < -0.3 is 19.1 Å². The second-order valence-electron chi connectivity index (χ2n) is 9.05. The fourth-order valence-electron chi connectivity index (χ4n) is 4.59. The van der Waals surface area contributed by atoms with Crippen LogP contribution in [-0.4, -0.2) is 60.1 Å². The number of hydrogen-bond donors (Lipinski definition) is 2. The van der Waals surface area contributed by atoms with E-state index in [-0.39, 0.29) is 35.0 Å². The number of ether oxygens (including phenoxy) is 1. The molecule has 188 valence electrons. The van der Waals surface area contributed by atoms with Crippen LogP contribution in [0.4, 0.5) is 21.5 Å². The van der Waals surface area contributed by atoms with Crippen molar-refractivity contribution < 1.29 is 18.8 Å². The molecule has 2 aliphatic rings. The van der Waals surface area contributed by atoms with E-state index in [1.54, 1.807) is 4.57 Å². The number of anilines is 2. The molecule has 2 aliphatic heterocycles. The van der Waals surface area contributed by atoms with Crippen LogP contribution in [-0.2, 0) is 0 Å². The van der Waals surface area contributed by atoms with Crippen molar-refractivity contribution in [1.29, 1.82) is 0 Å². The van der Waals surface area contributed by atoms with Gasteiger partial charge in [0, 0.05) is 44.5 Å². The maximum Gasteiger partial charge on any atom is 0.275 e. The lowest BCUT2D eigenvalue weighted by atomic mass is 10.0. The predicted octanol–water partition coefficient (Wildman–Crippen LogP) is 2.51. The SMILES string of the molecule is C[C@H]1COc2c(N3CCN(C)CC3)c(F)cc3c(=O)c(C(=O)NNc4cccc([N+](=O)[O-])c4)cn1c23. The van der Waals surface area contributed by atoms with Gasteiger partial charge in [-0.15, -0.1) is 0 Å². The van der Waals surface area contributed by atoms with Crippen LogP contribution in [0.15, 0.2) is 41.3 Å². The highest BCUT2D eigenvalue weighted by Crippen LogP contribution is 2.42. The molecule has 5 rings (SSSR count). The summed E-state index contributed by atoms with van der Waals surface area (Å²) < 4.78 is 23.2. The van der Waals surface area contributed by atoms with Crippen LogP contribution in [0.1, 0.15) is 23.3 Å². The third-order valence-electron chi connectivity index (χ3n) is 6.58. The second kappa shape index (κ2) is 9.11. The third-order valence-corrected chi connectivity index (χ3v) is 6.58. The molecule has 0 radical (unpaired) electrons. The van der Waals surface area contributed by atoms with Gasteiger partial charge in [0.15, 0.2) is 11.6 Å². The first kappa shape index (κ1) is 23.5. The normalized spacial score (nSPS) is 17.5. The summed E-state index contributed by atoms with van der Waals surface area (Å²) in [6, 6.07) is 6.54. The number of piperazine rings is 1. The molecule has 0 bridgehead atoms. The van der Waals surface area contributed by atoms with E-state index < -0.39 is 22.1 Å². The molecule has 1 amide bonds. The molecule has 1 saturated heterocycles. The molecule has 12 heteroatoms. The summed E-state index contributed by atoms with van der Waals surface area (Å²) in [5.41, 5.74) is 5.08. The van der Waals surface area contributed by atoms with E-state index in [2.05, 4.69) is 15.8 Å². The number of nitro benzene ring substituents is 1. The Morgan fingerprint density at radius 3 is 2.69 bits per heavy atom. The van der Waals surface area contributed by atoms with E-state index in [0.29, 0.717) is 30.0 Å². The summed E-state index contributed by atoms with van der Waals surface area (Å²) in [4.78, 5) is 40.8. The zero-order valence-corrected chi connectivity index (χ0v) is 19.8. The number of carbonyl (C=O) groups is 1. The number of halogens is 1. The third kappa shape index (κ3) is 4.09. The van der Waals surface area contributed by atoms with Crippen LogP contribution in [0.3, 0.4) is 0 Å². The quantitative estimate of drug-likeness (QED) is 0.408. The molecule has 0 unspecified atom stereocenters. The average molecular weight is 496 g/mol. The van der Waals surface area contributed by atoms with Crippen LogP contribution < -0.4 is 25.9 Å². The van der Waals surface area contributed by atoms with Crippen molar-refractivity contribution >= 4 is 33.9 Å². The van der Waals surface area contributed by atoms with Crippen LogP contribution >= 0.6 is 0 Å². The van der Waals surface area contributed by atoms with E-state index >= 15 is 4.39 Å². The van der Waals surface area contributed by atoms with Gasteiger partial charge in [-0.1, -0.05) is 6.07 Å². The molecule has 2 aromatic carbocycles. The minimum atomic E-state index is -0.749. The Morgan fingerprint density at radius 2 is 1.97 bits per heavy atom. The van der Waals surface area contributed by atoms with Gasteiger partial charge in [0.1, 0.15) is 17.9 Å². The first-order valence-electron chi connectivity index (χ1n) is 11.5. The topological polar surface area (TPSA) is 122 Å². The summed E-state index contributed by atoms with van der Waals surface area (Å²) in [5, 5.41) is 11.0. The molecule has 1 aromatic heterocycles. The van der Waals surface area contributed by atoms with Gasteiger partial charge in [-0.05, 0) is 26.1 Å². The highest BCUT2D eigenvalue weighted by Gasteiger charge is 2.31. The van der Waals surface area contributed by atoms with Gasteiger partial charge in [-0.3, -0.25) is 30.6 Å². The summed E-state index contributed by atoms with van der Waals surface area (Å²) in [6.07, 6.45) is 1.46. The fraction of sp³-hybridized carbons (Fsp3) is 0.333. The van der Waals surface area contributed by atoms with Crippen molar-refractivity contribution in [3.8, 4) is 5.75 Å². The lowest BCUT2D eigenvalue weighted by Crippen LogP contribution is -2.45. The van der Waals surface area contributed by atoms with Gasteiger partial charge in [-0.25, -0.2) is 4.39 Å². The molecule has 36 heavy (non-hydrogen) atoms. The molecule has 1 atom stereocenters. The molecule has 2 N–H and O–H groups in total. The van der Waals surface area contributed by atoms with Crippen molar-refractivity contribution in [2.45, 2.75) is 13.0 Å². The number of carbonyl (C=O) groups excluding carboxylic acids is 1. The molecular formula is C24H25FN6O5. The Labute approximate surface area is 205 Å². The lowest BCUT2D eigenvalue weighted by Gasteiger charge is -2.37. The Morgan fingerprint density at radius 1 is 1.22 bits per heavy atom. The number of aromatic nitrogens is 1. The number of hydrazine groups is 1. The summed E-state index contributed by atoms with van der Waals surface area (Å²) in [7, 11) is 2.01. The maximum absolute atomic E-state index is 15.4. The number of nitro groups is 1. The number of likely N-dealkylation sites (N-methyl/N-ethyl adjacent to an activating group) is 1. The Hall–Kier alpha value is -4.19. The van der Waals surface area contributed by atoms with Crippen molar-refractivity contribution in [2.24, 2.45) is 0 Å². The molecule has 3 heterocycles. The van der Waals surface area contributed by atoms with Crippen molar-refractivity contribution in [3.63, 3.8) is 0 Å². The van der Waals surface area contributed by atoms with Crippen LogP contribution in [0, 0.1) is 15.9 Å². The lowest BCUT2D eigenvalue weighted by molar-refractivity contribution is -0.384. The largest absolute Gasteiger partial charge is 0.487 e. The maximum atomic E-state index is 15.4. The van der Waals surface area contributed by atoms with E-state index in [1.807, 2.05) is 18.9 Å². The molecule has 0 spiro atoms. The number of pyridine rings is 1. The molecule has 3 aromatic rings. The number of hydrogen-bond acceptors (Lipinski definition) is 8. The van der Waals surface area contributed by atoms with Crippen molar-refractivity contribution in [1.82, 2.24) is 14.9 Å². The van der Waals surface area contributed by atoms with Crippen molar-refractivity contribution in [3.05, 3.63) is 68.2 Å². The minimum Gasteiger partial charge on any atom is -0.487 e. The highest BCUT2D eigenvalue weighted by molar-refractivity contribution is 6.00. The summed E-state index contributed by atoms with van der Waals surface area (Å²) in [6.45, 7) is 4.93. The van der Waals surface area contributed by atoms with E-state index in [0.717, 1.165) is 13.1 Å². The van der Waals surface area contributed by atoms with Gasteiger partial charge in [0.25, 0.3) is 11.6 Å². The van der Waals surface area contributed by atoms with E-state index in [1.165, 1.54) is 36.5 Å². The van der Waals surface area contributed by atoms with Crippen LogP contribution in [0.5, 0.6) is 5.75 Å². The Kier molecular flexibility index (Phi) is 5.96. The molecule has 11 nitrogen and oxygen atoms in total. The first-order chi connectivity index (χ1) is 17.2. The number of benzene rings is 2.